The number of benzene rings is 1. The zero-order valence-corrected chi connectivity index (χ0v) is 11.5. The minimum Gasteiger partial charge on any atom is -0.465 e. The van der Waals surface area contributed by atoms with Gasteiger partial charge in [-0.1, -0.05) is 12.1 Å². The summed E-state index contributed by atoms with van der Waals surface area (Å²) in [5.41, 5.74) is -0.147. The highest BCUT2D eigenvalue weighted by Crippen LogP contribution is 2.29. The number of halogens is 3. The maximum atomic E-state index is 12.4. The van der Waals surface area contributed by atoms with Crippen molar-refractivity contribution in [3.8, 4) is 6.07 Å². The molecule has 0 bridgehead atoms. The molecule has 0 atom stereocenters. The van der Waals surface area contributed by atoms with Crippen molar-refractivity contribution in [2.75, 3.05) is 19.7 Å². The Balaban J connectivity index is 2.71. The normalized spacial score (nSPS) is 11.2. The van der Waals surface area contributed by atoms with Gasteiger partial charge in [-0.3, -0.25) is 9.69 Å². The third-order valence-corrected chi connectivity index (χ3v) is 2.64. The van der Waals surface area contributed by atoms with Crippen LogP contribution >= 0.6 is 0 Å². The molecule has 0 aliphatic rings. The van der Waals surface area contributed by atoms with Gasteiger partial charge in [-0.15, -0.1) is 0 Å². The van der Waals surface area contributed by atoms with Crippen molar-refractivity contribution in [3.05, 3.63) is 35.4 Å². The summed E-state index contributed by atoms with van der Waals surface area (Å²) in [6.45, 7) is 2.01. The highest BCUT2D eigenvalue weighted by molar-refractivity contribution is 5.71. The Morgan fingerprint density at radius 2 is 1.95 bits per heavy atom. The monoisotopic (exact) mass is 300 g/mol. The first kappa shape index (κ1) is 17.0. The van der Waals surface area contributed by atoms with Crippen LogP contribution in [-0.2, 0) is 22.3 Å². The first-order valence-corrected chi connectivity index (χ1v) is 6.28. The molecule has 0 aromatic heterocycles. The number of nitrogens with zero attached hydrogens (tertiary/aromatic N) is 2. The molecule has 1 aromatic carbocycles. The minimum atomic E-state index is -4.38. The molecule has 21 heavy (non-hydrogen) atoms. The summed E-state index contributed by atoms with van der Waals surface area (Å²) in [6, 6.07) is 6.53. The fraction of sp³-hybridized carbons (Fsp3) is 0.429. The molecule has 7 heteroatoms. The highest BCUT2D eigenvalue weighted by atomic mass is 19.4. The number of esters is 1. The van der Waals surface area contributed by atoms with E-state index in [0.717, 1.165) is 12.1 Å². The van der Waals surface area contributed by atoms with Gasteiger partial charge < -0.3 is 4.74 Å². The molecule has 0 aliphatic carbocycles. The second-order valence-electron chi connectivity index (χ2n) is 4.30. The summed E-state index contributed by atoms with van der Waals surface area (Å²) >= 11 is 0. The third kappa shape index (κ3) is 5.83. The van der Waals surface area contributed by atoms with Gasteiger partial charge in [-0.2, -0.15) is 18.4 Å². The lowest BCUT2D eigenvalue weighted by Gasteiger charge is -2.18. The molecular weight excluding hydrogens is 285 g/mol. The summed E-state index contributed by atoms with van der Waals surface area (Å²) in [7, 11) is 0. The lowest BCUT2D eigenvalue weighted by Crippen LogP contribution is -2.31. The Bertz CT molecular complexity index is 506. The lowest BCUT2D eigenvalue weighted by atomic mass is 10.1. The third-order valence-electron chi connectivity index (χ3n) is 2.64. The molecular formula is C14H15F3N2O2. The van der Waals surface area contributed by atoms with Gasteiger partial charge in [0.05, 0.1) is 31.3 Å². The summed E-state index contributed by atoms with van der Waals surface area (Å²) in [6.07, 6.45) is -4.38. The van der Waals surface area contributed by atoms with Crippen LogP contribution < -0.4 is 0 Å². The number of hydrogen-bond acceptors (Lipinski definition) is 4. The molecule has 1 aromatic rings. The second kappa shape index (κ2) is 7.64. The number of carbonyl (C=O) groups is 1. The molecule has 0 saturated carbocycles. The van der Waals surface area contributed by atoms with Crippen LogP contribution in [0.3, 0.4) is 0 Å². The molecule has 114 valence electrons. The maximum absolute atomic E-state index is 12.4. The Morgan fingerprint density at radius 1 is 1.33 bits per heavy atom. The van der Waals surface area contributed by atoms with Crippen molar-refractivity contribution in [1.82, 2.24) is 4.90 Å². The standard InChI is InChI=1S/C14H15F3N2O2/c1-2-21-13(20)10-19(8-7-18)9-11-3-5-12(6-4-11)14(15,16)17/h3-6H,2,8-10H2,1H3. The van der Waals surface area contributed by atoms with Crippen molar-refractivity contribution in [3.63, 3.8) is 0 Å². The van der Waals surface area contributed by atoms with Crippen LogP contribution in [0.1, 0.15) is 18.1 Å². The maximum Gasteiger partial charge on any atom is 0.416 e. The van der Waals surface area contributed by atoms with E-state index in [1.165, 1.54) is 17.0 Å². The smallest absolute Gasteiger partial charge is 0.416 e. The minimum absolute atomic E-state index is 0.0141. The summed E-state index contributed by atoms with van der Waals surface area (Å²) in [5, 5.41) is 8.72. The molecule has 0 unspecified atom stereocenters. The number of hydrogen-bond donors (Lipinski definition) is 0. The zero-order chi connectivity index (χ0) is 15.9. The van der Waals surface area contributed by atoms with E-state index >= 15 is 0 Å². The number of carbonyl (C=O) groups excluding carboxylic acids is 1. The van der Waals surface area contributed by atoms with Gasteiger partial charge in [0.25, 0.3) is 0 Å². The van der Waals surface area contributed by atoms with Gasteiger partial charge in [-0.25, -0.2) is 0 Å². The van der Waals surface area contributed by atoms with Gasteiger partial charge >= 0.3 is 12.1 Å². The van der Waals surface area contributed by atoms with E-state index in [2.05, 4.69) is 0 Å². The van der Waals surface area contributed by atoms with Crippen LogP contribution in [0.25, 0.3) is 0 Å². The summed E-state index contributed by atoms with van der Waals surface area (Å²) in [4.78, 5) is 12.9. The van der Waals surface area contributed by atoms with Gasteiger partial charge in [-0.05, 0) is 24.6 Å². The van der Waals surface area contributed by atoms with Gasteiger partial charge in [0.2, 0.25) is 0 Å². The van der Waals surface area contributed by atoms with E-state index in [0.29, 0.717) is 5.56 Å². The predicted molar refractivity (Wildman–Crippen MR) is 69.0 cm³/mol. The van der Waals surface area contributed by atoms with E-state index in [4.69, 9.17) is 10.00 Å². The average Bonchev–Trinajstić information content (AvgIpc) is 2.38. The number of alkyl halides is 3. The van der Waals surface area contributed by atoms with Crippen molar-refractivity contribution in [1.29, 1.82) is 5.26 Å². The molecule has 0 saturated heterocycles. The first-order chi connectivity index (χ1) is 9.86. The Morgan fingerprint density at radius 3 is 2.43 bits per heavy atom. The Hall–Kier alpha value is -2.07. The van der Waals surface area contributed by atoms with Crippen molar-refractivity contribution in [2.24, 2.45) is 0 Å². The zero-order valence-electron chi connectivity index (χ0n) is 11.5. The topological polar surface area (TPSA) is 53.3 Å². The van der Waals surface area contributed by atoms with Crippen LogP contribution in [0.4, 0.5) is 13.2 Å². The molecule has 0 spiro atoms. The molecule has 1 rings (SSSR count). The van der Waals surface area contributed by atoms with E-state index in [9.17, 15) is 18.0 Å². The summed E-state index contributed by atoms with van der Waals surface area (Å²) < 4.78 is 42.1. The van der Waals surface area contributed by atoms with E-state index in [-0.39, 0.29) is 26.2 Å². The molecule has 4 nitrogen and oxygen atoms in total. The van der Waals surface area contributed by atoms with Crippen molar-refractivity contribution in [2.45, 2.75) is 19.6 Å². The molecule has 0 radical (unpaired) electrons. The molecule has 0 N–H and O–H groups in total. The average molecular weight is 300 g/mol. The molecule has 0 aliphatic heterocycles. The van der Waals surface area contributed by atoms with Crippen LogP contribution in [0.15, 0.2) is 24.3 Å². The highest BCUT2D eigenvalue weighted by Gasteiger charge is 2.29. The van der Waals surface area contributed by atoms with Gasteiger partial charge in [0, 0.05) is 6.54 Å². The van der Waals surface area contributed by atoms with E-state index in [1.807, 2.05) is 6.07 Å². The summed E-state index contributed by atoms with van der Waals surface area (Å²) in [5.74, 6) is -0.473. The fourth-order valence-electron chi connectivity index (χ4n) is 1.71. The van der Waals surface area contributed by atoms with E-state index in [1.54, 1.807) is 6.92 Å². The molecule has 0 fully saturated rings. The van der Waals surface area contributed by atoms with Crippen LogP contribution in [0.2, 0.25) is 0 Å². The predicted octanol–water partition coefficient (Wildman–Crippen LogP) is 2.59. The van der Waals surface area contributed by atoms with Crippen LogP contribution in [0.5, 0.6) is 0 Å². The lowest BCUT2D eigenvalue weighted by molar-refractivity contribution is -0.144. The Labute approximate surface area is 120 Å². The quantitative estimate of drug-likeness (QED) is 0.598. The van der Waals surface area contributed by atoms with E-state index < -0.39 is 17.7 Å². The first-order valence-electron chi connectivity index (χ1n) is 6.28. The van der Waals surface area contributed by atoms with Crippen LogP contribution in [-0.4, -0.2) is 30.6 Å². The van der Waals surface area contributed by atoms with Crippen LogP contribution in [0, 0.1) is 11.3 Å². The fourth-order valence-corrected chi connectivity index (χ4v) is 1.71. The number of ether oxygens (including phenoxy) is 1. The van der Waals surface area contributed by atoms with Crippen molar-refractivity contribution >= 4 is 5.97 Å². The van der Waals surface area contributed by atoms with Crippen molar-refractivity contribution < 1.29 is 22.7 Å². The molecule has 0 heterocycles. The Kier molecular flexibility index (Phi) is 6.18. The largest absolute Gasteiger partial charge is 0.465 e. The number of nitriles is 1. The second-order valence-corrected chi connectivity index (χ2v) is 4.30. The van der Waals surface area contributed by atoms with Gasteiger partial charge in [0.15, 0.2) is 0 Å². The SMILES string of the molecule is CCOC(=O)CN(CC#N)Cc1ccc(C(F)(F)F)cc1. The number of rotatable bonds is 6. The molecule has 0 amide bonds. The van der Waals surface area contributed by atoms with Gasteiger partial charge in [0.1, 0.15) is 0 Å².